The largest absolute Gasteiger partial charge is 0.342 e. The molecule has 0 aromatic heterocycles. The highest BCUT2D eigenvalue weighted by Crippen LogP contribution is 2.29. The highest BCUT2D eigenvalue weighted by molar-refractivity contribution is 7.87. The van der Waals surface area contributed by atoms with E-state index in [-0.39, 0.29) is 17.1 Å². The predicted molar refractivity (Wildman–Crippen MR) is 136 cm³/mol. The summed E-state index contributed by atoms with van der Waals surface area (Å²) in [6.07, 6.45) is 7.98. The van der Waals surface area contributed by atoms with Crippen LogP contribution in [0.25, 0.3) is 0 Å². The summed E-state index contributed by atoms with van der Waals surface area (Å²) in [7, 11) is -1.33. The van der Waals surface area contributed by atoms with Crippen LogP contribution < -0.4 is 4.72 Å². The number of nitrogens with zero attached hydrogens (tertiary/aromatic N) is 2. The minimum Gasteiger partial charge on any atom is -0.342 e. The van der Waals surface area contributed by atoms with Crippen molar-refractivity contribution in [2.45, 2.75) is 44.3 Å². The lowest BCUT2D eigenvalue weighted by molar-refractivity contribution is -0.127. The van der Waals surface area contributed by atoms with E-state index in [1.54, 1.807) is 11.0 Å². The molecule has 178 valence electrons. The van der Waals surface area contributed by atoms with Crippen molar-refractivity contribution in [3.8, 4) is 12.3 Å². The number of benzene rings is 2. The Bertz CT molecular complexity index is 1130. The summed E-state index contributed by atoms with van der Waals surface area (Å²) >= 11 is 0. The number of carbonyl (C=O) groups excluding carboxylic acids is 2. The van der Waals surface area contributed by atoms with Gasteiger partial charge in [0.25, 0.3) is 5.91 Å². The summed E-state index contributed by atoms with van der Waals surface area (Å²) in [5.74, 6) is 3.08. The fourth-order valence-corrected chi connectivity index (χ4v) is 5.93. The van der Waals surface area contributed by atoms with Gasteiger partial charge < -0.3 is 14.5 Å². The van der Waals surface area contributed by atoms with E-state index in [2.05, 4.69) is 22.8 Å². The third-order valence-corrected chi connectivity index (χ3v) is 8.33. The number of nitrogens with one attached hydrogen (secondary N) is 1. The number of hydrogen-bond acceptors (Lipinski definition) is 3. The summed E-state index contributed by atoms with van der Waals surface area (Å²) in [5.41, 5.74) is 4.38. The molecule has 2 aromatic carbocycles. The predicted octanol–water partition coefficient (Wildman–Crippen LogP) is 3.69. The number of terminal acetylenes is 1. The smallest absolute Gasteiger partial charge is 0.253 e. The van der Waals surface area contributed by atoms with Gasteiger partial charge in [0.05, 0.1) is 5.25 Å². The van der Waals surface area contributed by atoms with E-state index in [9.17, 15) is 13.8 Å². The first-order valence-electron chi connectivity index (χ1n) is 11.7. The van der Waals surface area contributed by atoms with Crippen molar-refractivity contribution < 1.29 is 13.8 Å². The second kappa shape index (κ2) is 10.4. The van der Waals surface area contributed by atoms with E-state index in [0.717, 1.165) is 24.0 Å². The molecular weight excluding hydrogens is 446 g/mol. The minimum atomic E-state index is -1.33. The molecule has 6 nitrogen and oxygen atoms in total. The normalized spacial score (nSPS) is 19.5. The Morgan fingerprint density at radius 1 is 1.03 bits per heavy atom. The number of carbonyl (C=O) groups is 2. The molecule has 2 aliphatic rings. The molecule has 2 atom stereocenters. The van der Waals surface area contributed by atoms with Gasteiger partial charge >= 0.3 is 0 Å². The number of piperidine rings is 1. The van der Waals surface area contributed by atoms with Crippen molar-refractivity contribution in [1.82, 2.24) is 9.80 Å². The van der Waals surface area contributed by atoms with Crippen molar-refractivity contribution in [1.29, 1.82) is 0 Å². The van der Waals surface area contributed by atoms with Gasteiger partial charge in [-0.2, -0.15) is 0 Å². The van der Waals surface area contributed by atoms with Crippen molar-refractivity contribution in [3.63, 3.8) is 0 Å². The number of hydrogen-bond donors (Lipinski definition) is 1. The van der Waals surface area contributed by atoms with Gasteiger partial charge in [0.2, 0.25) is 5.91 Å². The average Bonchev–Trinajstić information content (AvgIpc) is 3.36. The molecule has 0 aliphatic carbocycles. The quantitative estimate of drug-likeness (QED) is 0.668. The third-order valence-electron chi connectivity index (χ3n) is 6.92. The molecule has 0 saturated carbocycles. The fourth-order valence-electron chi connectivity index (χ4n) is 4.70. The van der Waals surface area contributed by atoms with Crippen molar-refractivity contribution in [3.05, 3.63) is 64.7 Å². The van der Waals surface area contributed by atoms with Gasteiger partial charge in [-0.15, -0.1) is 6.42 Å². The minimum absolute atomic E-state index is 0.00131. The Morgan fingerprint density at radius 3 is 2.32 bits per heavy atom. The Kier molecular flexibility index (Phi) is 7.38. The van der Waals surface area contributed by atoms with Gasteiger partial charge in [0, 0.05) is 49.9 Å². The van der Waals surface area contributed by atoms with E-state index in [1.807, 2.05) is 36.1 Å². The summed E-state index contributed by atoms with van der Waals surface area (Å²) < 4.78 is 16.0. The first kappa shape index (κ1) is 24.0. The van der Waals surface area contributed by atoms with Crippen LogP contribution in [0.15, 0.2) is 42.5 Å². The van der Waals surface area contributed by atoms with E-state index in [4.69, 9.17) is 6.42 Å². The third kappa shape index (κ3) is 5.34. The zero-order valence-corrected chi connectivity index (χ0v) is 20.6. The van der Waals surface area contributed by atoms with Crippen molar-refractivity contribution in [2.24, 2.45) is 0 Å². The zero-order chi connectivity index (χ0) is 24.2. The number of amides is 2. The Morgan fingerprint density at radius 2 is 1.71 bits per heavy atom. The Labute approximate surface area is 204 Å². The molecule has 1 N–H and O–H groups in total. The maximum Gasteiger partial charge on any atom is 0.253 e. The fraction of sp³-hybridized carbons (Fsp3) is 0.407. The monoisotopic (exact) mass is 477 g/mol. The lowest BCUT2D eigenvalue weighted by Crippen LogP contribution is -2.38. The van der Waals surface area contributed by atoms with E-state index in [0.29, 0.717) is 49.8 Å². The molecule has 4 rings (SSSR count). The van der Waals surface area contributed by atoms with Crippen LogP contribution in [0, 0.1) is 19.3 Å². The van der Waals surface area contributed by atoms with Gasteiger partial charge in [-0.25, -0.2) is 4.21 Å². The molecular formula is C27H31N3O3S. The standard InChI is InChI=1S/C27H31N3O3S/c1-4-21-6-9-22(10-7-21)23-11-14-29(15-12-23)27(32)24-8-5-19(2)26(17-24)28-34(33)25-13-16-30(18-25)20(3)31/h1,5-10,17,23,25,28H,11-16,18H2,2-3H3. The van der Waals surface area contributed by atoms with Crippen LogP contribution in [0.1, 0.15) is 59.2 Å². The van der Waals surface area contributed by atoms with Crippen molar-refractivity contribution in [2.75, 3.05) is 30.9 Å². The first-order valence-corrected chi connectivity index (χ1v) is 13.0. The lowest BCUT2D eigenvalue weighted by Gasteiger charge is -2.32. The Hall–Kier alpha value is -3.11. The SMILES string of the molecule is C#Cc1ccc(C2CCN(C(=O)c3ccc(C)c(NS(=O)C4CCN(C(C)=O)C4)c3)CC2)cc1. The maximum absolute atomic E-state index is 13.2. The zero-order valence-electron chi connectivity index (χ0n) is 19.8. The molecule has 7 heteroatoms. The van der Waals surface area contributed by atoms with Crippen LogP contribution in [-0.2, 0) is 15.8 Å². The highest BCUT2D eigenvalue weighted by Gasteiger charge is 2.29. The molecule has 2 saturated heterocycles. The van der Waals surface area contributed by atoms with E-state index >= 15 is 0 Å². The lowest BCUT2D eigenvalue weighted by atomic mass is 9.89. The maximum atomic E-state index is 13.2. The molecule has 2 aliphatic heterocycles. The van der Waals surface area contributed by atoms with Gasteiger partial charge in [-0.05, 0) is 67.5 Å². The summed E-state index contributed by atoms with van der Waals surface area (Å²) in [5, 5.41) is -0.114. The van der Waals surface area contributed by atoms with Gasteiger partial charge in [0.15, 0.2) is 0 Å². The Balaban J connectivity index is 1.37. The van der Waals surface area contributed by atoms with Gasteiger partial charge in [-0.1, -0.05) is 24.1 Å². The molecule has 0 radical (unpaired) electrons. The van der Waals surface area contributed by atoms with Crippen LogP contribution >= 0.6 is 0 Å². The molecule has 34 heavy (non-hydrogen) atoms. The first-order chi connectivity index (χ1) is 16.4. The summed E-state index contributed by atoms with van der Waals surface area (Å²) in [4.78, 5) is 28.4. The van der Waals surface area contributed by atoms with Crippen molar-refractivity contribution >= 4 is 28.5 Å². The second-order valence-electron chi connectivity index (χ2n) is 9.14. The van der Waals surface area contributed by atoms with Crippen LogP contribution in [0.5, 0.6) is 0 Å². The molecule has 2 amide bonds. The number of aryl methyl sites for hydroxylation is 1. The number of likely N-dealkylation sites (tertiary alicyclic amines) is 2. The number of anilines is 1. The average molecular weight is 478 g/mol. The van der Waals surface area contributed by atoms with Gasteiger partial charge in [-0.3, -0.25) is 9.59 Å². The molecule has 2 aromatic rings. The molecule has 2 heterocycles. The molecule has 2 fully saturated rings. The second-order valence-corrected chi connectivity index (χ2v) is 10.6. The summed E-state index contributed by atoms with van der Waals surface area (Å²) in [6, 6.07) is 13.7. The molecule has 0 spiro atoms. The van der Waals surface area contributed by atoms with Crippen LogP contribution in [0.4, 0.5) is 5.69 Å². The van der Waals surface area contributed by atoms with E-state index in [1.165, 1.54) is 12.5 Å². The highest BCUT2D eigenvalue weighted by atomic mass is 32.2. The van der Waals surface area contributed by atoms with Crippen LogP contribution in [0.2, 0.25) is 0 Å². The summed E-state index contributed by atoms with van der Waals surface area (Å²) in [6.45, 7) is 6.00. The topological polar surface area (TPSA) is 69.7 Å². The van der Waals surface area contributed by atoms with Crippen LogP contribution in [0.3, 0.4) is 0 Å². The number of rotatable bonds is 5. The van der Waals surface area contributed by atoms with Gasteiger partial charge in [0.1, 0.15) is 11.0 Å². The van der Waals surface area contributed by atoms with Crippen LogP contribution in [-0.4, -0.2) is 57.3 Å². The molecule has 2 unspecified atom stereocenters. The van der Waals surface area contributed by atoms with E-state index < -0.39 is 11.0 Å². The molecule has 0 bridgehead atoms.